The van der Waals surface area contributed by atoms with Gasteiger partial charge >= 0.3 is 0 Å². The van der Waals surface area contributed by atoms with Crippen LogP contribution in [0.5, 0.6) is 5.75 Å². The Balaban J connectivity index is 2.33. The van der Waals surface area contributed by atoms with Crippen LogP contribution >= 0.6 is 0 Å². The molecule has 0 amide bonds. The molecule has 0 spiro atoms. The van der Waals surface area contributed by atoms with Crippen LogP contribution in [-0.2, 0) is 16.4 Å². The van der Waals surface area contributed by atoms with Crippen molar-refractivity contribution in [3.8, 4) is 5.75 Å². The van der Waals surface area contributed by atoms with Crippen LogP contribution < -0.4 is 15.2 Å². The lowest BCUT2D eigenvalue weighted by Gasteiger charge is -2.21. The number of nitrogens with two attached hydrogens (primary N) is 1. The number of sulfonamides is 1. The number of aryl methyl sites for hydroxylation is 1. The molecule has 1 unspecified atom stereocenters. The van der Waals surface area contributed by atoms with E-state index in [2.05, 4.69) is 4.72 Å². The van der Waals surface area contributed by atoms with Crippen molar-refractivity contribution in [2.24, 2.45) is 0 Å². The molecular weight excluding hydrogens is 284 g/mol. The quantitative estimate of drug-likeness (QED) is 0.530. The molecule has 0 aromatic heterocycles. The molecule has 2 rings (SSSR count). The molecule has 1 aliphatic heterocycles. The highest BCUT2D eigenvalue weighted by atomic mass is 32.2. The third kappa shape index (κ3) is 3.21. The Hall–Kier alpha value is -1.35. The molecule has 112 valence electrons. The molecule has 1 aromatic carbocycles. The number of aliphatic hydroxyl groups excluding tert-OH is 2. The van der Waals surface area contributed by atoms with Gasteiger partial charge in [-0.25, -0.2) is 13.1 Å². The number of nitrogens with one attached hydrogen (secondary N) is 1. The second-order valence-electron chi connectivity index (χ2n) is 4.65. The number of ether oxygens (including phenoxy) is 1. The summed E-state index contributed by atoms with van der Waals surface area (Å²) in [5.41, 5.74) is 6.83. The molecule has 5 N–H and O–H groups in total. The summed E-state index contributed by atoms with van der Waals surface area (Å²) in [6, 6.07) is 3.04. The highest BCUT2D eigenvalue weighted by Gasteiger charge is 2.25. The Morgan fingerprint density at radius 3 is 2.90 bits per heavy atom. The summed E-state index contributed by atoms with van der Waals surface area (Å²) in [4.78, 5) is -0.0302. The van der Waals surface area contributed by atoms with E-state index in [0.717, 1.165) is 12.0 Å². The monoisotopic (exact) mass is 302 g/mol. The van der Waals surface area contributed by atoms with E-state index in [0.29, 0.717) is 24.5 Å². The maximum atomic E-state index is 12.2. The topological polar surface area (TPSA) is 122 Å². The molecule has 8 heteroatoms. The maximum absolute atomic E-state index is 12.2. The van der Waals surface area contributed by atoms with Gasteiger partial charge in [0, 0.05) is 12.2 Å². The fourth-order valence-corrected chi connectivity index (χ4v) is 3.31. The van der Waals surface area contributed by atoms with Crippen LogP contribution in [-0.4, -0.2) is 44.5 Å². The average Bonchev–Trinajstić information content (AvgIpc) is 2.43. The van der Waals surface area contributed by atoms with E-state index in [4.69, 9.17) is 15.6 Å². The van der Waals surface area contributed by atoms with Crippen LogP contribution in [0.3, 0.4) is 0 Å². The number of anilines is 1. The van der Waals surface area contributed by atoms with Crippen LogP contribution in [0.15, 0.2) is 17.0 Å². The van der Waals surface area contributed by atoms with Crippen LogP contribution in [0.4, 0.5) is 5.69 Å². The molecule has 7 nitrogen and oxygen atoms in total. The number of hydrogen-bond acceptors (Lipinski definition) is 6. The second-order valence-corrected chi connectivity index (χ2v) is 6.38. The van der Waals surface area contributed by atoms with Gasteiger partial charge in [-0.3, -0.25) is 0 Å². The molecule has 0 aliphatic carbocycles. The molecule has 1 aromatic rings. The van der Waals surface area contributed by atoms with E-state index in [1.54, 1.807) is 6.07 Å². The Morgan fingerprint density at radius 1 is 1.45 bits per heavy atom. The van der Waals surface area contributed by atoms with Gasteiger partial charge in [-0.15, -0.1) is 0 Å². The van der Waals surface area contributed by atoms with Gasteiger partial charge in [0.25, 0.3) is 0 Å². The van der Waals surface area contributed by atoms with Gasteiger partial charge in [0.15, 0.2) is 0 Å². The van der Waals surface area contributed by atoms with Crippen molar-refractivity contribution in [2.75, 3.05) is 25.5 Å². The largest absolute Gasteiger partial charge is 0.492 e. The van der Waals surface area contributed by atoms with E-state index in [1.807, 2.05) is 0 Å². The zero-order valence-electron chi connectivity index (χ0n) is 10.9. The zero-order chi connectivity index (χ0) is 14.8. The highest BCUT2D eigenvalue weighted by molar-refractivity contribution is 7.89. The first kappa shape index (κ1) is 15.0. The van der Waals surface area contributed by atoms with Gasteiger partial charge in [0.1, 0.15) is 10.6 Å². The summed E-state index contributed by atoms with van der Waals surface area (Å²) in [5, 5.41) is 17.9. The third-order valence-corrected chi connectivity index (χ3v) is 4.43. The maximum Gasteiger partial charge on any atom is 0.244 e. The first-order chi connectivity index (χ1) is 9.44. The number of aliphatic hydroxyl groups is 2. The van der Waals surface area contributed by atoms with E-state index in [1.165, 1.54) is 6.07 Å². The molecule has 0 bridgehead atoms. The predicted molar refractivity (Wildman–Crippen MR) is 73.0 cm³/mol. The Labute approximate surface area is 117 Å². The molecule has 1 atom stereocenters. The van der Waals surface area contributed by atoms with Gasteiger partial charge in [0.05, 0.1) is 19.3 Å². The lowest BCUT2D eigenvalue weighted by molar-refractivity contribution is 0.0988. The molecule has 0 saturated heterocycles. The van der Waals surface area contributed by atoms with Crippen LogP contribution in [0.1, 0.15) is 12.0 Å². The SMILES string of the molecule is Nc1cc2c(c(S(=O)(=O)NCC(O)CO)c1)OCCC2. The summed E-state index contributed by atoms with van der Waals surface area (Å²) in [5.74, 6) is 0.316. The summed E-state index contributed by atoms with van der Waals surface area (Å²) < 4.78 is 32.1. The Kier molecular flexibility index (Phi) is 4.48. The molecular formula is C12H18N2O5S. The minimum Gasteiger partial charge on any atom is -0.492 e. The second kappa shape index (κ2) is 5.96. The molecule has 1 heterocycles. The summed E-state index contributed by atoms with van der Waals surface area (Å²) in [7, 11) is -3.86. The highest BCUT2D eigenvalue weighted by Crippen LogP contribution is 2.34. The third-order valence-electron chi connectivity index (χ3n) is 3.00. The Bertz CT molecular complexity index is 588. The fourth-order valence-electron chi connectivity index (χ4n) is 2.02. The smallest absolute Gasteiger partial charge is 0.244 e. The van der Waals surface area contributed by atoms with Crippen molar-refractivity contribution >= 4 is 15.7 Å². The number of benzene rings is 1. The molecule has 1 aliphatic rings. The van der Waals surface area contributed by atoms with Crippen molar-refractivity contribution < 1.29 is 23.4 Å². The number of rotatable bonds is 5. The van der Waals surface area contributed by atoms with Gasteiger partial charge in [-0.1, -0.05) is 0 Å². The predicted octanol–water partition coefficient (Wildman–Crippen LogP) is -0.775. The van der Waals surface area contributed by atoms with Crippen molar-refractivity contribution in [1.29, 1.82) is 0 Å². The zero-order valence-corrected chi connectivity index (χ0v) is 11.7. The number of nitrogen functional groups attached to an aromatic ring is 1. The number of fused-ring (bicyclic) bond motifs is 1. The fraction of sp³-hybridized carbons (Fsp3) is 0.500. The Morgan fingerprint density at radius 2 is 2.20 bits per heavy atom. The lowest BCUT2D eigenvalue weighted by atomic mass is 10.1. The van der Waals surface area contributed by atoms with Crippen molar-refractivity contribution in [3.05, 3.63) is 17.7 Å². The summed E-state index contributed by atoms with van der Waals surface area (Å²) in [6.45, 7) is -0.338. The molecule has 20 heavy (non-hydrogen) atoms. The van der Waals surface area contributed by atoms with Crippen LogP contribution in [0.25, 0.3) is 0 Å². The molecule has 0 radical (unpaired) electrons. The molecule has 0 saturated carbocycles. The average molecular weight is 302 g/mol. The number of hydrogen-bond donors (Lipinski definition) is 4. The minimum atomic E-state index is -3.86. The van der Waals surface area contributed by atoms with Crippen molar-refractivity contribution in [3.63, 3.8) is 0 Å². The minimum absolute atomic E-state index is 0.0302. The van der Waals surface area contributed by atoms with Gasteiger partial charge in [0.2, 0.25) is 10.0 Å². The van der Waals surface area contributed by atoms with E-state index < -0.39 is 22.7 Å². The van der Waals surface area contributed by atoms with Gasteiger partial charge in [-0.05, 0) is 30.5 Å². The molecule has 0 fully saturated rings. The van der Waals surface area contributed by atoms with E-state index in [9.17, 15) is 13.5 Å². The van der Waals surface area contributed by atoms with Crippen molar-refractivity contribution in [2.45, 2.75) is 23.8 Å². The first-order valence-electron chi connectivity index (χ1n) is 6.28. The first-order valence-corrected chi connectivity index (χ1v) is 7.76. The summed E-state index contributed by atoms with van der Waals surface area (Å²) >= 11 is 0. The van der Waals surface area contributed by atoms with Crippen LogP contribution in [0, 0.1) is 0 Å². The van der Waals surface area contributed by atoms with Gasteiger partial charge < -0.3 is 20.7 Å². The van der Waals surface area contributed by atoms with E-state index >= 15 is 0 Å². The van der Waals surface area contributed by atoms with E-state index in [-0.39, 0.29) is 11.4 Å². The van der Waals surface area contributed by atoms with Crippen LogP contribution in [0.2, 0.25) is 0 Å². The lowest BCUT2D eigenvalue weighted by Crippen LogP contribution is -2.34. The van der Waals surface area contributed by atoms with Crippen molar-refractivity contribution in [1.82, 2.24) is 4.72 Å². The van der Waals surface area contributed by atoms with Gasteiger partial charge in [-0.2, -0.15) is 0 Å². The summed E-state index contributed by atoms with van der Waals surface area (Å²) in [6.07, 6.45) is 0.372. The normalized spacial score (nSPS) is 16.3. The standard InChI is InChI=1S/C12H18N2O5S/c13-9-4-8-2-1-3-19-12(8)11(5-9)20(17,18)14-6-10(16)7-15/h4-5,10,14-16H,1-3,6-7,13H2.